The van der Waals surface area contributed by atoms with E-state index < -0.39 is 36.1 Å². The molecule has 0 bridgehead atoms. The fourth-order valence-corrected chi connectivity index (χ4v) is 5.79. The Kier molecular flexibility index (Phi) is 9.78. The highest BCUT2D eigenvalue weighted by atomic mass is 19.1. The first-order chi connectivity index (χ1) is 18.4. The molecule has 1 aliphatic heterocycles. The summed E-state index contributed by atoms with van der Waals surface area (Å²) >= 11 is 0. The smallest absolute Gasteiger partial charge is 0.310 e. The normalized spacial score (nSPS) is 22.3. The van der Waals surface area contributed by atoms with E-state index in [9.17, 15) is 18.8 Å². The summed E-state index contributed by atoms with van der Waals surface area (Å²) < 4.78 is 30.5. The minimum absolute atomic E-state index is 0. The zero-order valence-corrected chi connectivity index (χ0v) is 21.5. The predicted molar refractivity (Wildman–Crippen MR) is 143 cm³/mol. The Hall–Kier alpha value is -3.20. The van der Waals surface area contributed by atoms with Crippen LogP contribution in [-0.2, 0) is 19.1 Å². The van der Waals surface area contributed by atoms with Crippen molar-refractivity contribution in [2.24, 2.45) is 11.8 Å². The number of hydrogen-bond acceptors (Lipinski definition) is 6. The van der Waals surface area contributed by atoms with E-state index >= 15 is 0 Å². The van der Waals surface area contributed by atoms with Crippen LogP contribution in [0.15, 0.2) is 40.8 Å². The van der Waals surface area contributed by atoms with Gasteiger partial charge < -0.3 is 24.5 Å². The number of hydrogen-bond donors (Lipinski definition) is 2. The first-order valence-corrected chi connectivity index (χ1v) is 13.7. The van der Waals surface area contributed by atoms with Crippen molar-refractivity contribution in [2.75, 3.05) is 6.61 Å². The molecule has 8 nitrogen and oxygen atoms in total. The molecule has 2 saturated carbocycles. The zero-order valence-electron chi connectivity index (χ0n) is 21.5. The summed E-state index contributed by atoms with van der Waals surface area (Å²) in [6.45, 7) is 0.499. The summed E-state index contributed by atoms with van der Waals surface area (Å²) in [4.78, 5) is 38.5. The number of esters is 1. The summed E-state index contributed by atoms with van der Waals surface area (Å²) in [5.74, 6) is -0.562. The third kappa shape index (κ3) is 7.47. The molecule has 212 valence electrons. The number of furan rings is 1. The average molecular weight is 543 g/mol. The number of rotatable bonds is 10. The molecule has 2 heterocycles. The van der Waals surface area contributed by atoms with Crippen molar-refractivity contribution < 1.29 is 32.7 Å². The highest BCUT2D eigenvalue weighted by molar-refractivity contribution is 5.96. The first-order valence-electron chi connectivity index (χ1n) is 13.7. The molecule has 2 aliphatic carbocycles. The van der Waals surface area contributed by atoms with Gasteiger partial charge >= 0.3 is 5.97 Å². The van der Waals surface area contributed by atoms with Crippen LogP contribution in [0.1, 0.15) is 82.2 Å². The standard InChI is InChI=1S/C29H35FN2O6.CH4/c30-21-11-5-10-20(15-21)24-12-13-25(37-24)28(35)31-22(14-18-6-1-2-7-18)27(34)32-23-16-26(33)38-29(23)36-17-19-8-3-4-9-19;/h5,10-13,15,18-19,22-23,29H,1-4,6-9,14,16-17H2,(H,31,35)(H,32,34);1H4/t22-,23-,29?;/m0./s1. The Labute approximate surface area is 229 Å². The van der Waals surface area contributed by atoms with E-state index in [2.05, 4.69) is 10.6 Å². The van der Waals surface area contributed by atoms with Crippen LogP contribution in [0.5, 0.6) is 0 Å². The van der Waals surface area contributed by atoms with E-state index in [0.717, 1.165) is 38.5 Å². The molecule has 1 saturated heterocycles. The Balaban J connectivity index is 0.00000353. The van der Waals surface area contributed by atoms with E-state index in [0.29, 0.717) is 36.2 Å². The van der Waals surface area contributed by atoms with Gasteiger partial charge in [-0.3, -0.25) is 14.4 Å². The SMILES string of the molecule is C.O=C1C[C@H](NC(=O)[C@H](CC2CCCC2)NC(=O)c2ccc(-c3cccc(F)c3)o2)C(OCC2CCCC2)O1. The maximum atomic E-state index is 13.6. The highest BCUT2D eigenvalue weighted by Gasteiger charge is 2.39. The van der Waals surface area contributed by atoms with Gasteiger partial charge in [-0.15, -0.1) is 0 Å². The lowest BCUT2D eigenvalue weighted by atomic mass is 9.97. The Morgan fingerprint density at radius 3 is 2.46 bits per heavy atom. The molecule has 2 N–H and O–H groups in total. The second kappa shape index (κ2) is 13.2. The van der Waals surface area contributed by atoms with E-state index in [1.54, 1.807) is 18.2 Å². The number of carbonyl (C=O) groups is 3. The van der Waals surface area contributed by atoms with E-state index in [-0.39, 0.29) is 25.5 Å². The molecular formula is C30H39FN2O6. The van der Waals surface area contributed by atoms with Gasteiger partial charge in [-0.25, -0.2) is 4.39 Å². The second-order valence-electron chi connectivity index (χ2n) is 10.7. The number of benzene rings is 1. The van der Waals surface area contributed by atoms with Gasteiger partial charge in [0.2, 0.25) is 12.2 Å². The third-order valence-corrected chi connectivity index (χ3v) is 7.87. The van der Waals surface area contributed by atoms with Gasteiger partial charge in [-0.2, -0.15) is 0 Å². The molecule has 0 spiro atoms. The summed E-state index contributed by atoms with van der Waals surface area (Å²) in [5, 5.41) is 5.73. The number of carbonyl (C=O) groups excluding carboxylic acids is 3. The van der Waals surface area contributed by atoms with Crippen LogP contribution in [0.3, 0.4) is 0 Å². The van der Waals surface area contributed by atoms with Gasteiger partial charge in [0.25, 0.3) is 5.91 Å². The average Bonchev–Trinajstić information content (AvgIpc) is 3.71. The monoisotopic (exact) mass is 542 g/mol. The number of nitrogens with one attached hydrogen (secondary N) is 2. The van der Waals surface area contributed by atoms with E-state index in [1.807, 2.05) is 0 Å². The lowest BCUT2D eigenvalue weighted by molar-refractivity contribution is -0.168. The molecule has 3 fully saturated rings. The van der Waals surface area contributed by atoms with Crippen LogP contribution in [0.2, 0.25) is 0 Å². The molecule has 3 aliphatic rings. The molecule has 39 heavy (non-hydrogen) atoms. The van der Waals surface area contributed by atoms with E-state index in [1.165, 1.54) is 31.0 Å². The summed E-state index contributed by atoms with van der Waals surface area (Å²) in [7, 11) is 0. The molecule has 5 rings (SSSR count). The second-order valence-corrected chi connectivity index (χ2v) is 10.7. The zero-order chi connectivity index (χ0) is 26.5. The van der Waals surface area contributed by atoms with Crippen molar-refractivity contribution >= 4 is 17.8 Å². The predicted octanol–water partition coefficient (Wildman–Crippen LogP) is 5.37. The number of ether oxygens (including phenoxy) is 2. The van der Waals surface area contributed by atoms with Gasteiger partial charge in [-0.05, 0) is 55.4 Å². The van der Waals surface area contributed by atoms with Crippen molar-refractivity contribution in [1.82, 2.24) is 10.6 Å². The van der Waals surface area contributed by atoms with E-state index in [4.69, 9.17) is 13.9 Å². The molecule has 1 aromatic heterocycles. The topological polar surface area (TPSA) is 107 Å². The molecule has 1 unspecified atom stereocenters. The number of amides is 2. The van der Waals surface area contributed by atoms with Gasteiger partial charge in [0.15, 0.2) is 5.76 Å². The van der Waals surface area contributed by atoms with Crippen molar-refractivity contribution in [3.63, 3.8) is 0 Å². The summed E-state index contributed by atoms with van der Waals surface area (Å²) in [6, 6.07) is 7.61. The Morgan fingerprint density at radius 2 is 1.74 bits per heavy atom. The van der Waals surface area contributed by atoms with Gasteiger partial charge in [0, 0.05) is 5.56 Å². The number of cyclic esters (lactones) is 1. The van der Waals surface area contributed by atoms with Crippen LogP contribution in [0.25, 0.3) is 11.3 Å². The van der Waals surface area contributed by atoms with Crippen LogP contribution >= 0.6 is 0 Å². The Morgan fingerprint density at radius 1 is 1.03 bits per heavy atom. The fraction of sp³-hybridized carbons (Fsp3) is 0.567. The van der Waals surface area contributed by atoms with Crippen LogP contribution in [0, 0.1) is 17.7 Å². The van der Waals surface area contributed by atoms with Gasteiger partial charge in [0.1, 0.15) is 23.7 Å². The van der Waals surface area contributed by atoms with Gasteiger partial charge in [-0.1, -0.05) is 58.1 Å². The van der Waals surface area contributed by atoms with Crippen LogP contribution in [-0.4, -0.2) is 42.8 Å². The molecule has 3 atom stereocenters. The first kappa shape index (κ1) is 28.8. The molecule has 2 amide bonds. The molecule has 1 aromatic carbocycles. The summed E-state index contributed by atoms with van der Waals surface area (Å²) in [6.07, 6.45) is 8.46. The minimum atomic E-state index is -0.825. The molecular weight excluding hydrogens is 503 g/mol. The highest BCUT2D eigenvalue weighted by Crippen LogP contribution is 2.30. The lowest BCUT2D eigenvalue weighted by Crippen LogP contribution is -2.52. The minimum Gasteiger partial charge on any atom is -0.451 e. The van der Waals surface area contributed by atoms with Crippen LogP contribution in [0.4, 0.5) is 4.39 Å². The van der Waals surface area contributed by atoms with Gasteiger partial charge in [0.05, 0.1) is 13.0 Å². The van der Waals surface area contributed by atoms with Crippen molar-refractivity contribution in [2.45, 2.75) is 90.0 Å². The fourth-order valence-electron chi connectivity index (χ4n) is 5.79. The number of halogens is 1. The molecule has 2 aromatic rings. The largest absolute Gasteiger partial charge is 0.451 e. The van der Waals surface area contributed by atoms with Crippen molar-refractivity contribution in [3.05, 3.63) is 48.0 Å². The molecule has 9 heteroatoms. The maximum absolute atomic E-state index is 13.6. The Bertz CT molecular complexity index is 1140. The third-order valence-electron chi connectivity index (χ3n) is 7.87. The van der Waals surface area contributed by atoms with Crippen molar-refractivity contribution in [1.29, 1.82) is 0 Å². The lowest BCUT2D eigenvalue weighted by Gasteiger charge is -2.25. The van der Waals surface area contributed by atoms with Crippen LogP contribution < -0.4 is 10.6 Å². The quantitative estimate of drug-likeness (QED) is 0.391. The van der Waals surface area contributed by atoms with Crippen molar-refractivity contribution in [3.8, 4) is 11.3 Å². The molecule has 0 radical (unpaired) electrons. The maximum Gasteiger partial charge on any atom is 0.310 e. The summed E-state index contributed by atoms with van der Waals surface area (Å²) in [5.41, 5.74) is 0.513.